The van der Waals surface area contributed by atoms with E-state index in [0.717, 1.165) is 25.7 Å². The van der Waals surface area contributed by atoms with Crippen LogP contribution in [0.4, 0.5) is 13.2 Å². The van der Waals surface area contributed by atoms with Crippen molar-refractivity contribution >= 4 is 28.4 Å². The van der Waals surface area contributed by atoms with E-state index in [4.69, 9.17) is 4.74 Å². The van der Waals surface area contributed by atoms with Crippen LogP contribution in [0, 0.1) is 18.8 Å². The molecule has 5 rings (SSSR count). The van der Waals surface area contributed by atoms with E-state index in [1.807, 2.05) is 0 Å². The van der Waals surface area contributed by atoms with Gasteiger partial charge < -0.3 is 9.30 Å². The quantitative estimate of drug-likeness (QED) is 0.403. The summed E-state index contributed by atoms with van der Waals surface area (Å²) in [6, 6.07) is 6.76. The van der Waals surface area contributed by atoms with Crippen molar-refractivity contribution in [2.45, 2.75) is 38.8 Å². The zero-order chi connectivity index (χ0) is 21.4. The minimum atomic E-state index is -4.84. The molecule has 0 amide bonds. The van der Waals surface area contributed by atoms with Gasteiger partial charge in [0.05, 0.1) is 16.7 Å². The Kier molecular flexibility index (Phi) is 4.04. The first-order chi connectivity index (χ1) is 14.2. The normalized spacial score (nSPS) is 21.4. The highest BCUT2D eigenvalue weighted by molar-refractivity contribution is 6.23. The predicted octanol–water partition coefficient (Wildman–Crippen LogP) is 5.00. The van der Waals surface area contributed by atoms with Crippen LogP contribution in [0.1, 0.15) is 36.9 Å². The Bertz CT molecular complexity index is 1160. The Hall–Kier alpha value is -2.83. The van der Waals surface area contributed by atoms with Gasteiger partial charge in [-0.1, -0.05) is 18.2 Å². The lowest BCUT2D eigenvalue weighted by atomic mass is 9.88. The largest absolute Gasteiger partial charge is 0.417 e. The van der Waals surface area contributed by atoms with Crippen LogP contribution in [-0.2, 0) is 21.4 Å². The lowest BCUT2D eigenvalue weighted by Crippen LogP contribution is -2.17. The molecule has 30 heavy (non-hydrogen) atoms. The van der Waals surface area contributed by atoms with E-state index in [9.17, 15) is 22.8 Å². The number of para-hydroxylation sites is 1. The zero-order valence-corrected chi connectivity index (χ0v) is 16.6. The average Bonchev–Trinajstić information content (AvgIpc) is 3.59. The van der Waals surface area contributed by atoms with E-state index in [0.29, 0.717) is 22.2 Å². The number of alkyl halides is 3. The molecule has 2 aliphatic carbocycles. The molecule has 3 aliphatic rings. The summed E-state index contributed by atoms with van der Waals surface area (Å²) in [4.78, 5) is 25.3. The molecule has 2 saturated carbocycles. The number of fused-ring (bicyclic) bond motifs is 1. The third kappa shape index (κ3) is 2.82. The number of aryl methyl sites for hydroxylation is 1. The van der Waals surface area contributed by atoms with Gasteiger partial charge in [0.15, 0.2) is 0 Å². The third-order valence-corrected chi connectivity index (χ3v) is 6.35. The number of ether oxygens (including phenoxy) is 1. The van der Waals surface area contributed by atoms with Crippen LogP contribution in [0.5, 0.6) is 0 Å². The number of carbonyl (C=O) groups excluding carboxylic acids is 2. The minimum Gasteiger partial charge on any atom is -0.386 e. The standard InChI is InChI=1S/C23H20F3NO3/c1-11-16(14-5-3-4-6-15(14)27(11)2)20(23(24,25)26)19-18(21(28)30-22(19)29)17(12-7-8-12)13-9-10-13/h3-6,12-13H,7-10H2,1-2H3/b20-19+. The molecule has 0 bridgehead atoms. The maximum absolute atomic E-state index is 14.5. The van der Waals surface area contributed by atoms with Crippen LogP contribution >= 0.6 is 0 Å². The first-order valence-corrected chi connectivity index (χ1v) is 10.1. The fourth-order valence-corrected chi connectivity index (χ4v) is 4.65. The zero-order valence-electron chi connectivity index (χ0n) is 16.6. The molecule has 2 heterocycles. The van der Waals surface area contributed by atoms with Crippen molar-refractivity contribution in [3.05, 3.63) is 52.2 Å². The minimum absolute atomic E-state index is 0.0642. The highest BCUT2D eigenvalue weighted by Crippen LogP contribution is 2.54. The molecule has 1 aliphatic heterocycles. The molecule has 3 fully saturated rings. The molecule has 0 spiro atoms. The predicted molar refractivity (Wildman–Crippen MR) is 104 cm³/mol. The third-order valence-electron chi connectivity index (χ3n) is 6.35. The SMILES string of the molecule is Cc1c(/C(=C2\C(=O)OC(=O)C2=C(C2CC2)C2CC2)C(F)(F)F)c2ccccc2n1C. The number of aromatic nitrogens is 1. The van der Waals surface area contributed by atoms with E-state index >= 15 is 0 Å². The first kappa shape index (κ1) is 19.2. The van der Waals surface area contributed by atoms with Gasteiger partial charge in [0, 0.05) is 29.2 Å². The van der Waals surface area contributed by atoms with Crippen molar-refractivity contribution in [2.24, 2.45) is 18.9 Å². The number of esters is 2. The number of cyclic esters (lactones) is 2. The van der Waals surface area contributed by atoms with Crippen molar-refractivity contribution in [1.82, 2.24) is 4.57 Å². The Morgan fingerprint density at radius 1 is 1.00 bits per heavy atom. The monoisotopic (exact) mass is 415 g/mol. The highest BCUT2D eigenvalue weighted by atomic mass is 19.4. The van der Waals surface area contributed by atoms with E-state index in [2.05, 4.69) is 0 Å². The smallest absolute Gasteiger partial charge is 0.386 e. The van der Waals surface area contributed by atoms with Gasteiger partial charge >= 0.3 is 18.1 Å². The second-order valence-corrected chi connectivity index (χ2v) is 8.34. The second-order valence-electron chi connectivity index (χ2n) is 8.34. The van der Waals surface area contributed by atoms with Gasteiger partial charge in [0.2, 0.25) is 0 Å². The number of allylic oxidation sites excluding steroid dienone is 2. The fraction of sp³-hybridized carbons (Fsp3) is 0.391. The maximum atomic E-state index is 14.5. The molecule has 7 heteroatoms. The number of carbonyl (C=O) groups is 2. The van der Waals surface area contributed by atoms with Gasteiger partial charge in [0.25, 0.3) is 0 Å². The number of rotatable bonds is 3. The summed E-state index contributed by atoms with van der Waals surface area (Å²) in [6.45, 7) is 1.59. The summed E-state index contributed by atoms with van der Waals surface area (Å²) >= 11 is 0. The summed E-state index contributed by atoms with van der Waals surface area (Å²) in [5.74, 6) is -2.00. The Morgan fingerprint density at radius 3 is 2.13 bits per heavy atom. The number of halogens is 3. The molecular formula is C23H20F3NO3. The first-order valence-electron chi connectivity index (χ1n) is 10.1. The molecular weight excluding hydrogens is 395 g/mol. The van der Waals surface area contributed by atoms with Gasteiger partial charge in [-0.2, -0.15) is 13.2 Å². The number of nitrogens with zero attached hydrogens (tertiary/aromatic N) is 1. The fourth-order valence-electron chi connectivity index (χ4n) is 4.65. The van der Waals surface area contributed by atoms with Crippen LogP contribution in [0.3, 0.4) is 0 Å². The summed E-state index contributed by atoms with van der Waals surface area (Å²) in [5.41, 5.74) is -0.180. The second kappa shape index (κ2) is 6.33. The van der Waals surface area contributed by atoms with E-state index in [-0.39, 0.29) is 23.0 Å². The molecule has 156 valence electrons. The molecule has 1 aromatic carbocycles. The van der Waals surface area contributed by atoms with Gasteiger partial charge in [0.1, 0.15) is 0 Å². The van der Waals surface area contributed by atoms with Gasteiger partial charge in [-0.15, -0.1) is 0 Å². The van der Waals surface area contributed by atoms with Crippen LogP contribution < -0.4 is 0 Å². The summed E-state index contributed by atoms with van der Waals surface area (Å²) in [6.07, 6.45) is -1.51. The van der Waals surface area contributed by atoms with Crippen molar-refractivity contribution in [3.63, 3.8) is 0 Å². The van der Waals surface area contributed by atoms with E-state index in [1.165, 1.54) is 0 Å². The molecule has 0 unspecified atom stereocenters. The van der Waals surface area contributed by atoms with Crippen molar-refractivity contribution < 1.29 is 27.5 Å². The maximum Gasteiger partial charge on any atom is 0.417 e. The lowest BCUT2D eigenvalue weighted by Gasteiger charge is -2.16. The summed E-state index contributed by atoms with van der Waals surface area (Å²) < 4.78 is 50.1. The summed E-state index contributed by atoms with van der Waals surface area (Å²) in [5, 5.41) is 0.392. The molecule has 0 N–H and O–H groups in total. The topological polar surface area (TPSA) is 48.3 Å². The van der Waals surface area contributed by atoms with Crippen LogP contribution in [0.25, 0.3) is 16.5 Å². The molecule has 2 aromatic rings. The van der Waals surface area contributed by atoms with Gasteiger partial charge in [-0.3, -0.25) is 0 Å². The van der Waals surface area contributed by atoms with Crippen LogP contribution in [0.2, 0.25) is 0 Å². The van der Waals surface area contributed by atoms with E-state index < -0.39 is 29.3 Å². The van der Waals surface area contributed by atoms with Crippen molar-refractivity contribution in [2.75, 3.05) is 0 Å². The van der Waals surface area contributed by atoms with Gasteiger partial charge in [-0.25, -0.2) is 9.59 Å². The van der Waals surface area contributed by atoms with Crippen molar-refractivity contribution in [3.8, 4) is 0 Å². The van der Waals surface area contributed by atoms with Crippen molar-refractivity contribution in [1.29, 1.82) is 0 Å². The Labute approximate surface area is 171 Å². The Balaban J connectivity index is 1.90. The molecule has 1 saturated heterocycles. The lowest BCUT2D eigenvalue weighted by molar-refractivity contribution is -0.150. The number of benzene rings is 1. The van der Waals surface area contributed by atoms with E-state index in [1.54, 1.807) is 42.8 Å². The molecule has 0 radical (unpaired) electrons. The Morgan fingerprint density at radius 2 is 1.57 bits per heavy atom. The molecule has 4 nitrogen and oxygen atoms in total. The average molecular weight is 415 g/mol. The summed E-state index contributed by atoms with van der Waals surface area (Å²) in [7, 11) is 1.69. The molecule has 1 aromatic heterocycles. The molecule has 0 atom stereocenters. The number of hydrogen-bond donors (Lipinski definition) is 0. The highest BCUT2D eigenvalue weighted by Gasteiger charge is 2.51. The van der Waals surface area contributed by atoms with Gasteiger partial charge in [-0.05, 0) is 56.1 Å². The number of hydrogen-bond acceptors (Lipinski definition) is 3. The van der Waals surface area contributed by atoms with Crippen LogP contribution in [0.15, 0.2) is 41.0 Å². The van der Waals surface area contributed by atoms with Crippen LogP contribution in [-0.4, -0.2) is 22.7 Å².